The highest BCUT2D eigenvalue weighted by Gasteiger charge is 2.21. The molecular formula is C16H22N4O3S2. The summed E-state index contributed by atoms with van der Waals surface area (Å²) in [4.78, 5) is 32.6. The van der Waals surface area contributed by atoms with E-state index in [4.69, 9.17) is 10.5 Å². The highest BCUT2D eigenvalue weighted by atomic mass is 32.1. The van der Waals surface area contributed by atoms with E-state index in [9.17, 15) is 9.59 Å². The highest BCUT2D eigenvalue weighted by molar-refractivity contribution is 7.10. The summed E-state index contributed by atoms with van der Waals surface area (Å²) in [5, 5.41) is 7.53. The van der Waals surface area contributed by atoms with Crippen LogP contribution in [0.3, 0.4) is 0 Å². The second-order valence-corrected chi connectivity index (χ2v) is 7.61. The van der Waals surface area contributed by atoms with Crippen molar-refractivity contribution in [3.63, 3.8) is 0 Å². The second kappa shape index (κ2) is 8.50. The Bertz CT molecular complexity index is 741. The summed E-state index contributed by atoms with van der Waals surface area (Å²) in [7, 11) is 0. The number of carbonyl (C=O) groups excluding carboxylic acids is 2. The Labute approximate surface area is 154 Å². The first-order valence-electron chi connectivity index (χ1n) is 7.97. The molecule has 0 unspecified atom stereocenters. The fourth-order valence-corrected chi connectivity index (χ4v) is 3.72. The van der Waals surface area contributed by atoms with Crippen molar-refractivity contribution in [2.75, 3.05) is 6.61 Å². The lowest BCUT2D eigenvalue weighted by molar-refractivity contribution is 0.0520. The van der Waals surface area contributed by atoms with Gasteiger partial charge in [0.25, 0.3) is 5.91 Å². The Morgan fingerprint density at radius 3 is 2.40 bits per heavy atom. The van der Waals surface area contributed by atoms with Gasteiger partial charge in [-0.25, -0.2) is 14.8 Å². The zero-order valence-electron chi connectivity index (χ0n) is 14.6. The molecule has 136 valence electrons. The predicted octanol–water partition coefficient (Wildman–Crippen LogP) is 2.92. The third kappa shape index (κ3) is 4.83. The maximum atomic E-state index is 12.4. The van der Waals surface area contributed by atoms with Gasteiger partial charge in [0.15, 0.2) is 5.69 Å². The maximum Gasteiger partial charge on any atom is 0.357 e. The number of hydrogen-bond donors (Lipinski definition) is 2. The molecule has 0 bridgehead atoms. The number of nitrogens with one attached hydrogen (secondary N) is 1. The lowest BCUT2D eigenvalue weighted by Crippen LogP contribution is -2.27. The molecule has 1 amide bonds. The quantitative estimate of drug-likeness (QED) is 0.713. The summed E-state index contributed by atoms with van der Waals surface area (Å²) in [5.74, 6) is -0.508. The maximum absolute atomic E-state index is 12.4. The van der Waals surface area contributed by atoms with Gasteiger partial charge in [0.1, 0.15) is 15.7 Å². The van der Waals surface area contributed by atoms with E-state index in [1.807, 2.05) is 13.8 Å². The Balaban J connectivity index is 2.02. The van der Waals surface area contributed by atoms with E-state index in [1.54, 1.807) is 24.6 Å². The van der Waals surface area contributed by atoms with Crippen molar-refractivity contribution in [1.82, 2.24) is 15.3 Å². The summed E-state index contributed by atoms with van der Waals surface area (Å²) in [5.41, 5.74) is 6.65. The first kappa shape index (κ1) is 19.5. The minimum Gasteiger partial charge on any atom is -0.461 e. The van der Waals surface area contributed by atoms with Crippen LogP contribution in [0.2, 0.25) is 0 Å². The smallest absolute Gasteiger partial charge is 0.357 e. The Hall–Kier alpha value is -1.84. The molecule has 0 saturated carbocycles. The van der Waals surface area contributed by atoms with Crippen molar-refractivity contribution in [1.29, 1.82) is 0 Å². The monoisotopic (exact) mass is 382 g/mol. The molecule has 0 radical (unpaired) electrons. The van der Waals surface area contributed by atoms with E-state index in [0.29, 0.717) is 17.3 Å². The van der Waals surface area contributed by atoms with Gasteiger partial charge < -0.3 is 15.8 Å². The number of esters is 1. The van der Waals surface area contributed by atoms with Gasteiger partial charge in [-0.15, -0.1) is 22.7 Å². The first-order chi connectivity index (χ1) is 11.8. The van der Waals surface area contributed by atoms with Gasteiger partial charge in [0.2, 0.25) is 0 Å². The lowest BCUT2D eigenvalue weighted by atomic mass is 10.1. The van der Waals surface area contributed by atoms with Gasteiger partial charge >= 0.3 is 5.97 Å². The van der Waals surface area contributed by atoms with Crippen molar-refractivity contribution >= 4 is 34.6 Å². The van der Waals surface area contributed by atoms with Crippen LogP contribution in [-0.2, 0) is 4.74 Å². The van der Waals surface area contributed by atoms with Gasteiger partial charge in [0.05, 0.1) is 18.7 Å². The van der Waals surface area contributed by atoms with E-state index in [0.717, 1.165) is 5.01 Å². The van der Waals surface area contributed by atoms with E-state index in [2.05, 4.69) is 15.3 Å². The van der Waals surface area contributed by atoms with Crippen LogP contribution in [0.15, 0.2) is 10.8 Å². The molecule has 0 aliphatic rings. The Morgan fingerprint density at radius 1 is 1.16 bits per heavy atom. The fourth-order valence-electron chi connectivity index (χ4n) is 1.95. The second-order valence-electron chi connectivity index (χ2n) is 5.83. The fraction of sp³-hybridized carbons (Fsp3) is 0.500. The number of thiazole rings is 2. The molecule has 2 rings (SSSR count). The number of rotatable bonds is 7. The van der Waals surface area contributed by atoms with Gasteiger partial charge in [-0.3, -0.25) is 4.79 Å². The minimum atomic E-state index is -0.463. The number of hydrogen-bond acceptors (Lipinski definition) is 8. The molecule has 0 saturated heterocycles. The van der Waals surface area contributed by atoms with Crippen LogP contribution in [0.4, 0.5) is 0 Å². The molecule has 0 fully saturated rings. The number of aromatic nitrogens is 2. The molecule has 2 atom stereocenters. The van der Waals surface area contributed by atoms with Gasteiger partial charge in [-0.2, -0.15) is 0 Å². The van der Waals surface area contributed by atoms with Crippen molar-refractivity contribution in [3.05, 3.63) is 32.2 Å². The van der Waals surface area contributed by atoms with Crippen LogP contribution in [0.1, 0.15) is 70.8 Å². The van der Waals surface area contributed by atoms with Crippen LogP contribution in [0.5, 0.6) is 0 Å². The molecule has 2 aromatic heterocycles. The zero-order valence-corrected chi connectivity index (χ0v) is 16.2. The van der Waals surface area contributed by atoms with E-state index in [-0.39, 0.29) is 29.6 Å². The molecule has 2 heterocycles. The van der Waals surface area contributed by atoms with Crippen molar-refractivity contribution in [2.45, 2.75) is 39.8 Å². The third-order valence-electron chi connectivity index (χ3n) is 3.48. The minimum absolute atomic E-state index is 0.185. The molecular weight excluding hydrogens is 360 g/mol. The summed E-state index contributed by atoms with van der Waals surface area (Å²) >= 11 is 2.68. The number of carbonyl (C=O) groups is 2. The molecule has 0 aliphatic heterocycles. The normalized spacial score (nSPS) is 13.5. The average Bonchev–Trinajstić information content (AvgIpc) is 3.23. The van der Waals surface area contributed by atoms with E-state index in [1.165, 1.54) is 22.7 Å². The standard InChI is InChI=1S/C16H22N4O3S2/c1-5-23-16(22)11-7-24-14(20-11)9(4)18-13(21)10-6-25-15(19-10)12(17)8(2)3/h6-9,12H,5,17H2,1-4H3,(H,18,21)/t9-,12-/m0/s1. The lowest BCUT2D eigenvalue weighted by Gasteiger charge is -2.12. The third-order valence-corrected chi connectivity index (χ3v) is 5.46. The van der Waals surface area contributed by atoms with Gasteiger partial charge in [-0.05, 0) is 19.8 Å². The summed E-state index contributed by atoms with van der Waals surface area (Å²) in [6, 6.07) is -0.528. The Morgan fingerprint density at radius 2 is 1.76 bits per heavy atom. The molecule has 0 aliphatic carbocycles. The van der Waals surface area contributed by atoms with Crippen LogP contribution < -0.4 is 11.1 Å². The molecule has 3 N–H and O–H groups in total. The highest BCUT2D eigenvalue weighted by Crippen LogP contribution is 2.23. The SMILES string of the molecule is CCOC(=O)c1csc([C@H](C)NC(=O)c2csc([C@@H](N)C(C)C)n2)n1. The van der Waals surface area contributed by atoms with Crippen LogP contribution in [-0.4, -0.2) is 28.5 Å². The van der Waals surface area contributed by atoms with Gasteiger partial charge in [0, 0.05) is 10.8 Å². The predicted molar refractivity (Wildman–Crippen MR) is 97.8 cm³/mol. The molecule has 9 heteroatoms. The number of ether oxygens (including phenoxy) is 1. The summed E-state index contributed by atoms with van der Waals surface area (Å²) < 4.78 is 4.91. The summed E-state index contributed by atoms with van der Waals surface area (Å²) in [6.07, 6.45) is 0. The van der Waals surface area contributed by atoms with Crippen molar-refractivity contribution < 1.29 is 14.3 Å². The zero-order chi connectivity index (χ0) is 18.6. The van der Waals surface area contributed by atoms with Crippen LogP contribution in [0, 0.1) is 5.92 Å². The Kier molecular flexibility index (Phi) is 6.63. The number of nitrogens with zero attached hydrogens (tertiary/aromatic N) is 2. The van der Waals surface area contributed by atoms with Crippen LogP contribution in [0.25, 0.3) is 0 Å². The molecule has 0 spiro atoms. The largest absolute Gasteiger partial charge is 0.461 e. The molecule has 7 nitrogen and oxygen atoms in total. The summed E-state index contributed by atoms with van der Waals surface area (Å²) in [6.45, 7) is 7.86. The van der Waals surface area contributed by atoms with Crippen molar-refractivity contribution in [3.8, 4) is 0 Å². The first-order valence-corrected chi connectivity index (χ1v) is 9.73. The molecule has 25 heavy (non-hydrogen) atoms. The molecule has 2 aromatic rings. The van der Waals surface area contributed by atoms with Crippen molar-refractivity contribution in [2.24, 2.45) is 11.7 Å². The number of amides is 1. The molecule has 0 aromatic carbocycles. The topological polar surface area (TPSA) is 107 Å². The van der Waals surface area contributed by atoms with Crippen LogP contribution >= 0.6 is 22.7 Å². The van der Waals surface area contributed by atoms with E-state index >= 15 is 0 Å². The van der Waals surface area contributed by atoms with E-state index < -0.39 is 5.97 Å². The number of nitrogens with two attached hydrogens (primary N) is 1. The average molecular weight is 383 g/mol. The van der Waals surface area contributed by atoms with Gasteiger partial charge in [-0.1, -0.05) is 13.8 Å².